The molecule has 1 atom stereocenters. The van der Waals surface area contributed by atoms with E-state index in [2.05, 4.69) is 15.9 Å². The zero-order valence-electron chi connectivity index (χ0n) is 9.48. The number of aliphatic hydroxyl groups is 1. The number of aromatic hydroxyl groups is 1. The number of aliphatic hydroxyl groups excluding tert-OH is 1. The fraction of sp³-hybridized carbons (Fsp3) is 0.143. The lowest BCUT2D eigenvalue weighted by atomic mass is 10.0. The molecule has 2 rings (SSSR count). The van der Waals surface area contributed by atoms with Crippen molar-refractivity contribution < 1.29 is 10.2 Å². The van der Waals surface area contributed by atoms with Gasteiger partial charge in [0.1, 0.15) is 5.75 Å². The van der Waals surface area contributed by atoms with E-state index in [0.29, 0.717) is 11.4 Å². The number of phenols is 1. The van der Waals surface area contributed by atoms with Gasteiger partial charge in [0.25, 0.3) is 0 Å². The Kier molecular flexibility index (Phi) is 4.27. The highest BCUT2D eigenvalue weighted by Gasteiger charge is 2.12. The highest BCUT2D eigenvalue weighted by atomic mass is 79.9. The Morgan fingerprint density at radius 3 is 2.61 bits per heavy atom. The maximum atomic E-state index is 10.2. The van der Waals surface area contributed by atoms with Gasteiger partial charge in [0.05, 0.1) is 6.10 Å². The van der Waals surface area contributed by atoms with Crippen LogP contribution in [0.2, 0.25) is 5.02 Å². The van der Waals surface area contributed by atoms with E-state index in [1.54, 1.807) is 36.4 Å². The third kappa shape index (κ3) is 3.25. The minimum Gasteiger partial charge on any atom is -0.508 e. The molecule has 18 heavy (non-hydrogen) atoms. The van der Waals surface area contributed by atoms with Gasteiger partial charge in [-0.3, -0.25) is 0 Å². The fourth-order valence-corrected chi connectivity index (χ4v) is 2.74. The van der Waals surface area contributed by atoms with Gasteiger partial charge < -0.3 is 10.2 Å². The van der Waals surface area contributed by atoms with Gasteiger partial charge in [-0.2, -0.15) is 0 Å². The van der Waals surface area contributed by atoms with E-state index in [1.807, 2.05) is 6.07 Å². The van der Waals surface area contributed by atoms with Gasteiger partial charge in [-0.1, -0.05) is 45.7 Å². The van der Waals surface area contributed by atoms with Gasteiger partial charge in [-0.25, -0.2) is 0 Å². The Balaban J connectivity index is 2.19. The molecule has 0 saturated carbocycles. The predicted molar refractivity (Wildman–Crippen MR) is 75.9 cm³/mol. The average molecular weight is 328 g/mol. The first kappa shape index (κ1) is 13.4. The topological polar surface area (TPSA) is 40.5 Å². The van der Waals surface area contributed by atoms with Gasteiger partial charge in [-0.15, -0.1) is 0 Å². The molecule has 0 saturated heterocycles. The van der Waals surface area contributed by atoms with Crippen LogP contribution in [0.1, 0.15) is 17.2 Å². The summed E-state index contributed by atoms with van der Waals surface area (Å²) in [6.45, 7) is 0. The number of rotatable bonds is 3. The summed E-state index contributed by atoms with van der Waals surface area (Å²) in [5.41, 5.74) is 1.66. The number of phenolic OH excluding ortho intramolecular Hbond substituents is 1. The monoisotopic (exact) mass is 326 g/mol. The SMILES string of the molecule is Oc1cccc(CC(O)c2ccc(Cl)cc2Br)c1. The Bertz CT molecular complexity index is 557. The van der Waals surface area contributed by atoms with E-state index in [1.165, 1.54) is 0 Å². The Morgan fingerprint density at radius 2 is 1.94 bits per heavy atom. The first-order chi connectivity index (χ1) is 8.56. The Hall–Kier alpha value is -1.03. The third-order valence-corrected chi connectivity index (χ3v) is 3.58. The molecule has 4 heteroatoms. The van der Waals surface area contributed by atoms with Crippen molar-refractivity contribution in [3.8, 4) is 5.75 Å². The van der Waals surface area contributed by atoms with Crippen molar-refractivity contribution in [2.45, 2.75) is 12.5 Å². The molecule has 0 aliphatic heterocycles. The highest BCUT2D eigenvalue weighted by molar-refractivity contribution is 9.10. The van der Waals surface area contributed by atoms with E-state index in [4.69, 9.17) is 11.6 Å². The highest BCUT2D eigenvalue weighted by Crippen LogP contribution is 2.29. The standard InChI is InChI=1S/C14H12BrClO2/c15-13-8-10(16)4-5-12(13)14(18)7-9-2-1-3-11(17)6-9/h1-6,8,14,17-18H,7H2. The van der Waals surface area contributed by atoms with Gasteiger partial charge >= 0.3 is 0 Å². The Labute approximate surface area is 119 Å². The van der Waals surface area contributed by atoms with E-state index in [-0.39, 0.29) is 5.75 Å². The van der Waals surface area contributed by atoms with Crippen LogP contribution in [0.25, 0.3) is 0 Å². The second-order valence-corrected chi connectivity index (χ2v) is 5.35. The van der Waals surface area contributed by atoms with Gasteiger partial charge in [0, 0.05) is 15.9 Å². The molecule has 2 N–H and O–H groups in total. The molecule has 0 bridgehead atoms. The molecule has 0 amide bonds. The second kappa shape index (κ2) is 5.74. The van der Waals surface area contributed by atoms with Crippen molar-refractivity contribution in [1.82, 2.24) is 0 Å². The molecule has 0 aromatic heterocycles. The molecule has 0 heterocycles. The number of halogens is 2. The lowest BCUT2D eigenvalue weighted by Gasteiger charge is -2.13. The van der Waals surface area contributed by atoms with Gasteiger partial charge in [0.15, 0.2) is 0 Å². The summed E-state index contributed by atoms with van der Waals surface area (Å²) in [7, 11) is 0. The van der Waals surface area contributed by atoms with Crippen molar-refractivity contribution in [1.29, 1.82) is 0 Å². The zero-order chi connectivity index (χ0) is 13.1. The minimum atomic E-state index is -0.640. The van der Waals surface area contributed by atoms with Crippen LogP contribution in [0.4, 0.5) is 0 Å². The first-order valence-corrected chi connectivity index (χ1v) is 6.64. The van der Waals surface area contributed by atoms with Crippen LogP contribution in [0.5, 0.6) is 5.75 Å². The third-order valence-electron chi connectivity index (χ3n) is 2.66. The maximum absolute atomic E-state index is 10.2. The summed E-state index contributed by atoms with van der Waals surface area (Å²) in [5, 5.41) is 20.2. The van der Waals surface area contributed by atoms with Crippen LogP contribution in [-0.4, -0.2) is 10.2 Å². The number of hydrogen-bond acceptors (Lipinski definition) is 2. The van der Waals surface area contributed by atoms with E-state index >= 15 is 0 Å². The average Bonchev–Trinajstić information content (AvgIpc) is 2.28. The molecule has 0 aliphatic carbocycles. The summed E-state index contributed by atoms with van der Waals surface area (Å²) < 4.78 is 0.780. The molecule has 0 spiro atoms. The quantitative estimate of drug-likeness (QED) is 0.891. The predicted octanol–water partition coefficient (Wildman–Crippen LogP) is 4.08. The minimum absolute atomic E-state index is 0.204. The molecule has 1 unspecified atom stereocenters. The van der Waals surface area contributed by atoms with Crippen molar-refractivity contribution in [3.63, 3.8) is 0 Å². The molecule has 94 valence electrons. The van der Waals surface area contributed by atoms with Crippen LogP contribution in [0, 0.1) is 0 Å². The van der Waals surface area contributed by atoms with Crippen LogP contribution in [-0.2, 0) is 6.42 Å². The Morgan fingerprint density at radius 1 is 1.17 bits per heavy atom. The molecule has 0 aliphatic rings. The molecule has 2 aromatic rings. The number of benzene rings is 2. The zero-order valence-corrected chi connectivity index (χ0v) is 11.8. The normalized spacial score (nSPS) is 12.4. The van der Waals surface area contributed by atoms with Crippen LogP contribution in [0.15, 0.2) is 46.9 Å². The second-order valence-electron chi connectivity index (χ2n) is 4.06. The maximum Gasteiger partial charge on any atom is 0.115 e. The van der Waals surface area contributed by atoms with Crippen LogP contribution < -0.4 is 0 Å². The summed E-state index contributed by atoms with van der Waals surface area (Å²) in [6.07, 6.45) is -0.201. The summed E-state index contributed by atoms with van der Waals surface area (Å²) >= 11 is 9.24. The molecular weight excluding hydrogens is 316 g/mol. The summed E-state index contributed by atoms with van der Waals surface area (Å²) in [6, 6.07) is 12.2. The largest absolute Gasteiger partial charge is 0.508 e. The van der Waals surface area contributed by atoms with E-state index < -0.39 is 6.10 Å². The van der Waals surface area contributed by atoms with Gasteiger partial charge in [0.2, 0.25) is 0 Å². The van der Waals surface area contributed by atoms with Crippen molar-refractivity contribution in [2.75, 3.05) is 0 Å². The first-order valence-electron chi connectivity index (χ1n) is 5.47. The smallest absolute Gasteiger partial charge is 0.115 e. The number of hydrogen-bond donors (Lipinski definition) is 2. The fourth-order valence-electron chi connectivity index (χ4n) is 1.79. The van der Waals surface area contributed by atoms with Crippen LogP contribution in [0.3, 0.4) is 0 Å². The molecular formula is C14H12BrClO2. The van der Waals surface area contributed by atoms with Crippen molar-refractivity contribution in [3.05, 3.63) is 63.1 Å². The van der Waals surface area contributed by atoms with E-state index in [0.717, 1.165) is 15.6 Å². The lowest BCUT2D eigenvalue weighted by Crippen LogP contribution is -2.02. The van der Waals surface area contributed by atoms with E-state index in [9.17, 15) is 10.2 Å². The molecule has 0 fully saturated rings. The van der Waals surface area contributed by atoms with Crippen LogP contribution >= 0.6 is 27.5 Å². The summed E-state index contributed by atoms with van der Waals surface area (Å²) in [5.74, 6) is 0.204. The van der Waals surface area contributed by atoms with Crippen molar-refractivity contribution >= 4 is 27.5 Å². The summed E-state index contributed by atoms with van der Waals surface area (Å²) in [4.78, 5) is 0. The molecule has 2 nitrogen and oxygen atoms in total. The van der Waals surface area contributed by atoms with Gasteiger partial charge in [-0.05, 0) is 35.4 Å². The molecule has 0 radical (unpaired) electrons. The lowest BCUT2D eigenvalue weighted by molar-refractivity contribution is 0.177. The van der Waals surface area contributed by atoms with Crippen molar-refractivity contribution in [2.24, 2.45) is 0 Å². The molecule has 2 aromatic carbocycles.